The Labute approximate surface area is 470 Å². The van der Waals surface area contributed by atoms with Gasteiger partial charge in [0.25, 0.3) is 0 Å². The Balaban J connectivity index is 0.000000289. The van der Waals surface area contributed by atoms with E-state index in [9.17, 15) is 33.9 Å². The van der Waals surface area contributed by atoms with Gasteiger partial charge in [0.05, 0.1) is 88.3 Å². The van der Waals surface area contributed by atoms with Crippen molar-refractivity contribution in [3.05, 3.63) is 193 Å². The minimum absolute atomic E-state index is 0.166. The zero-order valence-corrected chi connectivity index (χ0v) is 45.2. The molecule has 0 atom stereocenters. The van der Waals surface area contributed by atoms with Crippen molar-refractivity contribution in [1.29, 1.82) is 0 Å². The highest BCUT2D eigenvalue weighted by Crippen LogP contribution is 2.25. The summed E-state index contributed by atoms with van der Waals surface area (Å²) in [6, 6.07) is 41.1. The fourth-order valence-electron chi connectivity index (χ4n) is 6.54. The van der Waals surface area contributed by atoms with E-state index in [1.807, 2.05) is 48.5 Å². The number of hydrogen-bond acceptors (Lipinski definition) is 18. The summed E-state index contributed by atoms with van der Waals surface area (Å²) in [4.78, 5) is 68.1. The monoisotopic (exact) mass is 1110 g/mol. The zero-order chi connectivity index (χ0) is 58.5. The van der Waals surface area contributed by atoms with Gasteiger partial charge in [0, 0.05) is 12.2 Å². The number of phenolic OH excluding ortho intramolecular Hbond substituents is 1. The number of rotatable bonds is 31. The van der Waals surface area contributed by atoms with E-state index in [0.29, 0.717) is 107 Å². The quantitative estimate of drug-likeness (QED) is 0.0135. The Kier molecular flexibility index (Phi) is 29.9. The number of phenols is 1. The van der Waals surface area contributed by atoms with Crippen LogP contribution in [-0.2, 0) is 47.5 Å². The topological polar surface area (TPSA) is 244 Å². The first-order valence-electron chi connectivity index (χ1n) is 25.6. The van der Waals surface area contributed by atoms with Crippen LogP contribution in [0.5, 0.6) is 23.0 Å². The van der Waals surface area contributed by atoms with Gasteiger partial charge in [-0.3, -0.25) is 0 Å². The Morgan fingerprint density at radius 1 is 0.370 bits per heavy atom. The number of esters is 5. The molecule has 6 rings (SSSR count). The largest absolute Gasteiger partial charge is 0.508 e. The Morgan fingerprint density at radius 3 is 1.02 bits per heavy atom. The van der Waals surface area contributed by atoms with E-state index < -0.39 is 23.9 Å². The molecule has 0 amide bonds. The third-order valence-electron chi connectivity index (χ3n) is 10.6. The molecule has 0 aliphatic heterocycles. The summed E-state index contributed by atoms with van der Waals surface area (Å²) in [5.74, 6) is -1.25. The lowest BCUT2D eigenvalue weighted by Crippen LogP contribution is -2.13. The normalized spacial score (nSPS) is 10.2. The van der Waals surface area contributed by atoms with Crippen molar-refractivity contribution < 1.29 is 91.1 Å². The standard InChI is InChI=1S/C31H32O9.C16H20O7.C15H14O3/c1-3-29(32)39-22-20-36-18-17-35-19-21-38-27-13-11-26(12-14-27)31(34)40-28-15-9-24(10-16-28)23-5-7-25(8-6-23)30(33)37-4-2;1-2-15(17)23-12-10-21-8-7-20-9-11-22-14-5-3-13(4-6-14)16(18)19;1-2-18-15(17)13-5-3-11(4-6-13)12-7-9-14(16)10-8-12/h3,5-16H,1,4,17-22H2,2H3;2-6H,1,7-12H2,(H,18,19);3-10,16H,2H2,1H3. The van der Waals surface area contributed by atoms with Crippen LogP contribution in [0.4, 0.5) is 0 Å². The molecule has 428 valence electrons. The average molecular weight is 1120 g/mol. The van der Waals surface area contributed by atoms with Gasteiger partial charge in [-0.15, -0.1) is 0 Å². The molecule has 6 aromatic carbocycles. The Morgan fingerprint density at radius 2 is 0.667 bits per heavy atom. The second-order valence-corrected chi connectivity index (χ2v) is 16.3. The van der Waals surface area contributed by atoms with Gasteiger partial charge in [0.2, 0.25) is 0 Å². The van der Waals surface area contributed by atoms with Crippen molar-refractivity contribution in [2.75, 3.05) is 92.5 Å². The number of carbonyl (C=O) groups is 6. The fourth-order valence-corrected chi connectivity index (χ4v) is 6.54. The van der Waals surface area contributed by atoms with E-state index >= 15 is 0 Å². The molecular formula is C62H66O19. The molecule has 0 saturated heterocycles. The lowest BCUT2D eigenvalue weighted by atomic mass is 10.0. The molecule has 0 unspecified atom stereocenters. The van der Waals surface area contributed by atoms with Gasteiger partial charge in [0.15, 0.2) is 0 Å². The van der Waals surface area contributed by atoms with E-state index in [1.54, 1.807) is 98.8 Å². The highest BCUT2D eigenvalue weighted by Gasteiger charge is 2.12. The number of aromatic hydroxyl groups is 1. The maximum Gasteiger partial charge on any atom is 0.343 e. The minimum Gasteiger partial charge on any atom is -0.508 e. The van der Waals surface area contributed by atoms with Crippen LogP contribution in [0.3, 0.4) is 0 Å². The van der Waals surface area contributed by atoms with Crippen LogP contribution in [0, 0.1) is 0 Å². The van der Waals surface area contributed by atoms with Gasteiger partial charge in [-0.25, -0.2) is 28.8 Å². The van der Waals surface area contributed by atoms with E-state index in [1.165, 1.54) is 12.1 Å². The highest BCUT2D eigenvalue weighted by atomic mass is 16.6. The molecule has 6 aromatic rings. The smallest absolute Gasteiger partial charge is 0.343 e. The molecule has 81 heavy (non-hydrogen) atoms. The second kappa shape index (κ2) is 37.6. The number of benzene rings is 6. The van der Waals surface area contributed by atoms with Gasteiger partial charge in [-0.05, 0) is 133 Å². The van der Waals surface area contributed by atoms with E-state index in [-0.39, 0.29) is 43.1 Å². The number of ether oxygens (including phenoxy) is 11. The summed E-state index contributed by atoms with van der Waals surface area (Å²) in [6.07, 6.45) is 2.19. The molecule has 0 heterocycles. The predicted octanol–water partition coefficient (Wildman–Crippen LogP) is 9.65. The lowest BCUT2D eigenvalue weighted by molar-refractivity contribution is -0.140. The number of carbonyl (C=O) groups excluding carboxylic acids is 5. The summed E-state index contributed by atoms with van der Waals surface area (Å²) in [5, 5.41) is 18.0. The summed E-state index contributed by atoms with van der Waals surface area (Å²) in [6.45, 7) is 14.7. The van der Waals surface area contributed by atoms with Crippen molar-refractivity contribution >= 4 is 35.8 Å². The number of hydrogen-bond donors (Lipinski definition) is 2. The van der Waals surface area contributed by atoms with Crippen molar-refractivity contribution in [3.63, 3.8) is 0 Å². The molecule has 0 radical (unpaired) electrons. The van der Waals surface area contributed by atoms with Crippen molar-refractivity contribution in [2.45, 2.75) is 13.8 Å². The lowest BCUT2D eigenvalue weighted by Gasteiger charge is -2.09. The van der Waals surface area contributed by atoms with E-state index in [4.69, 9.17) is 57.2 Å². The number of aromatic carboxylic acids is 1. The van der Waals surface area contributed by atoms with Gasteiger partial charge >= 0.3 is 35.8 Å². The van der Waals surface area contributed by atoms with Crippen molar-refractivity contribution in [3.8, 4) is 45.3 Å². The van der Waals surface area contributed by atoms with Crippen LogP contribution in [-0.4, -0.2) is 139 Å². The van der Waals surface area contributed by atoms with Crippen LogP contribution in [0.15, 0.2) is 171 Å². The maximum absolute atomic E-state index is 12.5. The molecule has 0 aromatic heterocycles. The first-order chi connectivity index (χ1) is 39.3. The van der Waals surface area contributed by atoms with Gasteiger partial charge in [-0.1, -0.05) is 61.7 Å². The van der Waals surface area contributed by atoms with Crippen molar-refractivity contribution in [2.24, 2.45) is 0 Å². The Hall–Kier alpha value is -9.14. The van der Waals surface area contributed by atoms with E-state index in [2.05, 4.69) is 13.2 Å². The zero-order valence-electron chi connectivity index (χ0n) is 45.2. The summed E-state index contributed by atoms with van der Waals surface area (Å²) in [5.41, 5.74) is 5.45. The molecule has 0 spiro atoms. The first kappa shape index (κ1) is 64.4. The van der Waals surface area contributed by atoms with Gasteiger partial charge < -0.3 is 62.3 Å². The van der Waals surface area contributed by atoms with Crippen LogP contribution in [0.25, 0.3) is 22.3 Å². The third kappa shape index (κ3) is 25.5. The van der Waals surface area contributed by atoms with Crippen LogP contribution in [0.1, 0.15) is 55.3 Å². The minimum atomic E-state index is -0.973. The maximum atomic E-state index is 12.5. The third-order valence-corrected chi connectivity index (χ3v) is 10.6. The van der Waals surface area contributed by atoms with Crippen LogP contribution in [0.2, 0.25) is 0 Å². The van der Waals surface area contributed by atoms with E-state index in [0.717, 1.165) is 34.4 Å². The second-order valence-electron chi connectivity index (χ2n) is 16.3. The number of carboxylic acids is 1. The highest BCUT2D eigenvalue weighted by molar-refractivity contribution is 5.92. The molecule has 0 saturated carbocycles. The molecule has 2 N–H and O–H groups in total. The summed E-state index contributed by atoms with van der Waals surface area (Å²) in [7, 11) is 0. The molecule has 0 fully saturated rings. The molecule has 0 bridgehead atoms. The first-order valence-corrected chi connectivity index (χ1v) is 25.6. The molecule has 0 aliphatic carbocycles. The molecule has 19 nitrogen and oxygen atoms in total. The molecular weight excluding hydrogens is 1050 g/mol. The van der Waals surface area contributed by atoms with Crippen LogP contribution >= 0.6 is 0 Å². The molecule has 0 aliphatic rings. The Bertz CT molecular complexity index is 2850. The van der Waals surface area contributed by atoms with Crippen molar-refractivity contribution in [1.82, 2.24) is 0 Å². The van der Waals surface area contributed by atoms with Gasteiger partial charge in [0.1, 0.15) is 49.4 Å². The van der Waals surface area contributed by atoms with Crippen LogP contribution < -0.4 is 14.2 Å². The summed E-state index contributed by atoms with van der Waals surface area (Å²) < 4.78 is 57.1. The predicted molar refractivity (Wildman–Crippen MR) is 299 cm³/mol. The fraction of sp³-hybridized carbons (Fsp3) is 0.258. The summed E-state index contributed by atoms with van der Waals surface area (Å²) >= 11 is 0. The number of carboxylic acid groups (broad SMARTS) is 1. The average Bonchev–Trinajstić information content (AvgIpc) is 3.49. The SMILES string of the molecule is C=CC(=O)OCCOCCOCCOc1ccc(C(=O)O)cc1.C=CC(=O)OCCOCCOCCOc1ccc(C(=O)Oc2ccc(-c3ccc(C(=O)OCC)cc3)cc2)cc1.CCOC(=O)c1ccc(-c2ccc(O)cc2)cc1. The van der Waals surface area contributed by atoms with Gasteiger partial charge in [-0.2, -0.15) is 0 Å². The molecule has 19 heteroatoms.